The van der Waals surface area contributed by atoms with E-state index in [0.29, 0.717) is 5.56 Å². The van der Waals surface area contributed by atoms with Crippen LogP contribution in [-0.2, 0) is 7.05 Å². The van der Waals surface area contributed by atoms with Crippen LogP contribution in [0, 0.1) is 12.7 Å². The minimum Gasteiger partial charge on any atom is -0.207 e. The van der Waals surface area contributed by atoms with Crippen LogP contribution in [0.25, 0.3) is 22.4 Å². The lowest BCUT2D eigenvalue weighted by Crippen LogP contribution is -2.30. The first-order valence-electron chi connectivity index (χ1n) is 9.88. The van der Waals surface area contributed by atoms with Gasteiger partial charge in [-0.05, 0) is 53.3 Å². The van der Waals surface area contributed by atoms with Gasteiger partial charge in [0.1, 0.15) is 12.9 Å². The third kappa shape index (κ3) is 3.09. The topological polar surface area (TPSA) is 3.88 Å². The molecule has 0 fully saturated rings. The van der Waals surface area contributed by atoms with Crippen molar-refractivity contribution < 1.29 is 14.4 Å². The second-order valence-corrected chi connectivity index (χ2v) is 6.05. The number of hydrogen-bond donors (Lipinski definition) is 0. The van der Waals surface area contributed by atoms with Gasteiger partial charge >= 0.3 is 0 Å². The monoisotopic (exact) mass is 324 g/mol. The van der Waals surface area contributed by atoms with Gasteiger partial charge in [-0.25, -0.2) is 8.96 Å². The van der Waals surface area contributed by atoms with Gasteiger partial charge in [0.25, 0.3) is 0 Å². The molecule has 2 heteroatoms. The van der Waals surface area contributed by atoms with Crippen LogP contribution in [0.15, 0.2) is 60.8 Å². The Balaban J connectivity index is 2.15. The molecule has 0 bridgehead atoms. The van der Waals surface area contributed by atoms with E-state index in [2.05, 4.69) is 0 Å². The van der Waals surface area contributed by atoms with Crippen LogP contribution < -0.4 is 4.57 Å². The Labute approximate surface area is 149 Å². The third-order valence-corrected chi connectivity index (χ3v) is 4.27. The first kappa shape index (κ1) is 12.0. The van der Waals surface area contributed by atoms with Gasteiger partial charge < -0.3 is 0 Å². The summed E-state index contributed by atoms with van der Waals surface area (Å²) in [6, 6.07) is 16.3. The van der Waals surface area contributed by atoms with Gasteiger partial charge in [0, 0.05) is 23.2 Å². The SMILES string of the molecule is [2H]C([2H])([2H])C([2H])(C)c1cc(-c2cc[n+](C)c(-c3ccccc3C)c2)ccc1F. The first-order valence-corrected chi connectivity index (χ1v) is 7.88. The number of pyridine rings is 1. The normalized spacial score (nSPS) is 16.5. The molecule has 1 nitrogen and oxygen atoms in total. The number of nitrogens with zero attached hydrogens (tertiary/aromatic N) is 1. The van der Waals surface area contributed by atoms with Crippen molar-refractivity contribution in [3.05, 3.63) is 77.7 Å². The molecule has 0 saturated carbocycles. The van der Waals surface area contributed by atoms with E-state index < -0.39 is 18.6 Å². The lowest BCUT2D eigenvalue weighted by Gasteiger charge is -2.11. The Bertz CT molecular complexity index is 1030. The average Bonchev–Trinajstić information content (AvgIpc) is 2.62. The van der Waals surface area contributed by atoms with Crippen LogP contribution in [0.1, 0.15) is 36.3 Å². The number of benzene rings is 2. The standard InChI is InChI=1S/C22H23FN/c1-15(2)20-13-17(9-10-21(20)23)18-11-12-24(4)22(14-18)19-8-6-5-7-16(19)3/h5-15H,1-4H3/q+1/i1D3,15D. The average molecular weight is 324 g/mol. The quantitative estimate of drug-likeness (QED) is 0.567. The molecule has 0 amide bonds. The highest BCUT2D eigenvalue weighted by molar-refractivity contribution is 5.70. The summed E-state index contributed by atoms with van der Waals surface area (Å²) in [5.41, 5.74) is 4.59. The van der Waals surface area contributed by atoms with E-state index in [4.69, 9.17) is 5.48 Å². The second-order valence-electron chi connectivity index (χ2n) is 6.05. The summed E-state index contributed by atoms with van der Waals surface area (Å²) in [7, 11) is 1.96. The van der Waals surface area contributed by atoms with Crippen LogP contribution in [0.3, 0.4) is 0 Å². The summed E-state index contributed by atoms with van der Waals surface area (Å²) in [4.78, 5) is 0. The molecule has 1 heterocycles. The van der Waals surface area contributed by atoms with Gasteiger partial charge in [-0.2, -0.15) is 0 Å². The van der Waals surface area contributed by atoms with Crippen molar-refractivity contribution in [2.45, 2.75) is 26.6 Å². The molecule has 0 aliphatic rings. The minimum atomic E-state index is -2.64. The zero-order chi connectivity index (χ0) is 20.7. The van der Waals surface area contributed by atoms with Crippen molar-refractivity contribution in [2.24, 2.45) is 7.05 Å². The first-order chi connectivity index (χ1) is 13.0. The molecule has 0 aliphatic heterocycles. The highest BCUT2D eigenvalue weighted by Crippen LogP contribution is 2.28. The molecule has 3 rings (SSSR count). The van der Waals surface area contributed by atoms with Crippen LogP contribution in [0.2, 0.25) is 0 Å². The maximum atomic E-state index is 14.4. The maximum absolute atomic E-state index is 14.4. The molecule has 2 aromatic carbocycles. The Hall–Kier alpha value is -2.48. The van der Waals surface area contributed by atoms with Crippen LogP contribution in [0.4, 0.5) is 4.39 Å². The van der Waals surface area contributed by atoms with Gasteiger partial charge in [-0.15, -0.1) is 0 Å². The van der Waals surface area contributed by atoms with Gasteiger partial charge in [0.05, 0.1) is 0 Å². The molecule has 0 aliphatic carbocycles. The number of halogens is 1. The number of aryl methyl sites for hydroxylation is 2. The number of rotatable bonds is 3. The van der Waals surface area contributed by atoms with E-state index in [0.717, 1.165) is 22.4 Å². The summed E-state index contributed by atoms with van der Waals surface area (Å²) in [6.45, 7) is 0.633. The largest absolute Gasteiger partial charge is 0.213 e. The fraction of sp³-hybridized carbons (Fsp3) is 0.227. The maximum Gasteiger partial charge on any atom is 0.213 e. The Morgan fingerprint density at radius 2 is 1.83 bits per heavy atom. The summed E-state index contributed by atoms with van der Waals surface area (Å²) in [6.07, 6.45) is 1.92. The van der Waals surface area contributed by atoms with Crippen LogP contribution in [-0.4, -0.2) is 0 Å². The highest BCUT2D eigenvalue weighted by Gasteiger charge is 2.15. The molecule has 1 unspecified atom stereocenters. The molecule has 3 aromatic rings. The summed E-state index contributed by atoms with van der Waals surface area (Å²) < 4.78 is 47.5. The van der Waals surface area contributed by atoms with Crippen molar-refractivity contribution in [3.63, 3.8) is 0 Å². The van der Waals surface area contributed by atoms with E-state index >= 15 is 0 Å². The molecule has 0 N–H and O–H groups in total. The van der Waals surface area contributed by atoms with Gasteiger partial charge in [0.15, 0.2) is 6.20 Å². The predicted molar refractivity (Wildman–Crippen MR) is 97.3 cm³/mol. The van der Waals surface area contributed by atoms with E-state index in [-0.39, 0.29) is 5.56 Å². The molecule has 1 aromatic heterocycles. The smallest absolute Gasteiger partial charge is 0.207 e. The fourth-order valence-corrected chi connectivity index (χ4v) is 2.87. The molecule has 122 valence electrons. The molecular formula is C22H23FN+. The molecule has 0 spiro atoms. The summed E-state index contributed by atoms with van der Waals surface area (Å²) in [5.74, 6) is -2.72. The molecule has 0 radical (unpaired) electrons. The lowest BCUT2D eigenvalue weighted by atomic mass is 9.96. The van der Waals surface area contributed by atoms with E-state index in [9.17, 15) is 4.39 Å². The van der Waals surface area contributed by atoms with Gasteiger partial charge in [0.2, 0.25) is 5.69 Å². The zero-order valence-corrected chi connectivity index (χ0v) is 14.1. The molecule has 0 saturated heterocycles. The molecule has 24 heavy (non-hydrogen) atoms. The summed E-state index contributed by atoms with van der Waals surface area (Å²) in [5, 5.41) is 0. The van der Waals surface area contributed by atoms with Crippen molar-refractivity contribution in [1.29, 1.82) is 0 Å². The van der Waals surface area contributed by atoms with Crippen LogP contribution >= 0.6 is 0 Å². The van der Waals surface area contributed by atoms with Crippen molar-refractivity contribution in [2.75, 3.05) is 0 Å². The second kappa shape index (κ2) is 6.56. The number of hydrogen-bond acceptors (Lipinski definition) is 0. The minimum absolute atomic E-state index is 0.129. The van der Waals surface area contributed by atoms with Crippen LogP contribution in [0.5, 0.6) is 0 Å². The Morgan fingerprint density at radius 1 is 1.08 bits per heavy atom. The Morgan fingerprint density at radius 3 is 2.58 bits per heavy atom. The van der Waals surface area contributed by atoms with E-state index in [1.165, 1.54) is 19.1 Å². The van der Waals surface area contributed by atoms with E-state index in [1.807, 2.05) is 61.1 Å². The van der Waals surface area contributed by atoms with Gasteiger partial charge in [-0.3, -0.25) is 0 Å². The number of aromatic nitrogens is 1. The lowest BCUT2D eigenvalue weighted by molar-refractivity contribution is -0.660. The highest BCUT2D eigenvalue weighted by atomic mass is 19.1. The zero-order valence-electron chi connectivity index (χ0n) is 18.1. The predicted octanol–water partition coefficient (Wildman–Crippen LogP) is 5.42. The van der Waals surface area contributed by atoms with Crippen molar-refractivity contribution >= 4 is 0 Å². The van der Waals surface area contributed by atoms with Gasteiger partial charge in [-0.1, -0.05) is 38.0 Å². The Kier molecular flexibility index (Phi) is 3.27. The third-order valence-electron chi connectivity index (χ3n) is 4.27. The molecule has 1 atom stereocenters. The van der Waals surface area contributed by atoms with Crippen molar-refractivity contribution in [3.8, 4) is 22.4 Å². The van der Waals surface area contributed by atoms with Crippen molar-refractivity contribution in [1.82, 2.24) is 0 Å². The fourth-order valence-electron chi connectivity index (χ4n) is 2.87. The molecular weight excluding hydrogens is 297 g/mol. The van der Waals surface area contributed by atoms with E-state index in [1.54, 1.807) is 6.07 Å². The summed E-state index contributed by atoms with van der Waals surface area (Å²) >= 11 is 0.